The van der Waals surface area contributed by atoms with Crippen LogP contribution in [0.1, 0.15) is 32.4 Å². The lowest BCUT2D eigenvalue weighted by atomic mass is 10.1. The van der Waals surface area contributed by atoms with Crippen molar-refractivity contribution in [3.8, 4) is 0 Å². The normalized spacial score (nSPS) is 14.2. The molecule has 0 aliphatic rings. The van der Waals surface area contributed by atoms with Crippen molar-refractivity contribution >= 4 is 5.91 Å². The van der Waals surface area contributed by atoms with Gasteiger partial charge in [-0.05, 0) is 32.4 Å². The summed E-state index contributed by atoms with van der Waals surface area (Å²) in [6.45, 7) is 6.45. The summed E-state index contributed by atoms with van der Waals surface area (Å²) < 4.78 is 0. The Morgan fingerprint density at radius 1 is 1.50 bits per heavy atom. The van der Waals surface area contributed by atoms with Crippen LogP contribution in [0.25, 0.3) is 0 Å². The van der Waals surface area contributed by atoms with Crippen LogP contribution in [-0.4, -0.2) is 23.5 Å². The molecule has 4 nitrogen and oxygen atoms in total. The highest BCUT2D eigenvalue weighted by Gasteiger charge is 2.15. The number of amides is 1. The predicted molar refractivity (Wildman–Crippen MR) is 63.9 cm³/mol. The number of aromatic nitrogens is 1. The van der Waals surface area contributed by atoms with E-state index >= 15 is 0 Å². The SMILES string of the molecule is CCNC(=O)C(C)NC(C)c1cccnc1. The number of hydrogen-bond acceptors (Lipinski definition) is 3. The van der Waals surface area contributed by atoms with Gasteiger partial charge in [0, 0.05) is 25.0 Å². The van der Waals surface area contributed by atoms with Gasteiger partial charge in [-0.2, -0.15) is 0 Å². The number of pyridine rings is 1. The minimum Gasteiger partial charge on any atom is -0.355 e. The van der Waals surface area contributed by atoms with E-state index in [2.05, 4.69) is 15.6 Å². The maximum Gasteiger partial charge on any atom is 0.236 e. The highest BCUT2D eigenvalue weighted by molar-refractivity contribution is 5.81. The lowest BCUT2D eigenvalue weighted by molar-refractivity contribution is -0.122. The first kappa shape index (κ1) is 12.6. The van der Waals surface area contributed by atoms with Gasteiger partial charge in [0.15, 0.2) is 0 Å². The van der Waals surface area contributed by atoms with Crippen LogP contribution in [0.3, 0.4) is 0 Å². The van der Waals surface area contributed by atoms with Crippen LogP contribution in [0.5, 0.6) is 0 Å². The fraction of sp³-hybridized carbons (Fsp3) is 0.500. The second-order valence-electron chi connectivity index (χ2n) is 3.79. The van der Waals surface area contributed by atoms with E-state index in [1.165, 1.54) is 0 Å². The minimum absolute atomic E-state index is 0.0261. The van der Waals surface area contributed by atoms with Gasteiger partial charge in [0.1, 0.15) is 0 Å². The summed E-state index contributed by atoms with van der Waals surface area (Å²) in [5.41, 5.74) is 1.08. The molecular weight excluding hydrogens is 202 g/mol. The van der Waals surface area contributed by atoms with Crippen molar-refractivity contribution in [2.45, 2.75) is 32.9 Å². The molecule has 0 saturated heterocycles. The highest BCUT2D eigenvalue weighted by atomic mass is 16.2. The number of hydrogen-bond donors (Lipinski definition) is 2. The zero-order valence-electron chi connectivity index (χ0n) is 10.0. The molecule has 1 aromatic heterocycles. The molecule has 1 aromatic rings. The molecule has 2 unspecified atom stereocenters. The average Bonchev–Trinajstić information content (AvgIpc) is 2.30. The van der Waals surface area contributed by atoms with E-state index in [-0.39, 0.29) is 18.0 Å². The van der Waals surface area contributed by atoms with Crippen LogP contribution in [0.15, 0.2) is 24.5 Å². The van der Waals surface area contributed by atoms with E-state index in [1.807, 2.05) is 39.1 Å². The second-order valence-corrected chi connectivity index (χ2v) is 3.79. The molecule has 0 spiro atoms. The zero-order chi connectivity index (χ0) is 12.0. The topological polar surface area (TPSA) is 54.0 Å². The summed E-state index contributed by atoms with van der Waals surface area (Å²) in [7, 11) is 0. The molecule has 0 bridgehead atoms. The Kier molecular flexibility index (Phi) is 4.92. The van der Waals surface area contributed by atoms with Crippen molar-refractivity contribution < 1.29 is 4.79 Å². The van der Waals surface area contributed by atoms with E-state index in [4.69, 9.17) is 0 Å². The van der Waals surface area contributed by atoms with E-state index in [0.29, 0.717) is 6.54 Å². The molecule has 1 rings (SSSR count). The Morgan fingerprint density at radius 3 is 2.81 bits per heavy atom. The molecule has 1 amide bonds. The standard InChI is InChI=1S/C12H19N3O/c1-4-14-12(16)10(3)15-9(2)11-6-5-7-13-8-11/h5-10,15H,4H2,1-3H3,(H,14,16). The van der Waals surface area contributed by atoms with Gasteiger partial charge < -0.3 is 5.32 Å². The largest absolute Gasteiger partial charge is 0.355 e. The molecule has 16 heavy (non-hydrogen) atoms. The number of likely N-dealkylation sites (N-methyl/N-ethyl adjacent to an activating group) is 1. The number of nitrogens with one attached hydrogen (secondary N) is 2. The highest BCUT2D eigenvalue weighted by Crippen LogP contribution is 2.10. The fourth-order valence-corrected chi connectivity index (χ4v) is 1.51. The van der Waals surface area contributed by atoms with Crippen molar-refractivity contribution in [3.63, 3.8) is 0 Å². The van der Waals surface area contributed by atoms with Crippen molar-refractivity contribution in [1.29, 1.82) is 0 Å². The van der Waals surface area contributed by atoms with Crippen LogP contribution < -0.4 is 10.6 Å². The molecule has 0 aromatic carbocycles. The quantitative estimate of drug-likeness (QED) is 0.787. The van der Waals surface area contributed by atoms with Crippen molar-refractivity contribution in [2.24, 2.45) is 0 Å². The first-order chi connectivity index (χ1) is 7.65. The molecule has 0 fully saturated rings. The van der Waals surface area contributed by atoms with Crippen molar-refractivity contribution in [2.75, 3.05) is 6.54 Å². The maximum atomic E-state index is 11.5. The summed E-state index contributed by atoms with van der Waals surface area (Å²) in [4.78, 5) is 15.6. The van der Waals surface area contributed by atoms with E-state index in [9.17, 15) is 4.79 Å². The smallest absolute Gasteiger partial charge is 0.236 e. The molecule has 0 aliphatic heterocycles. The van der Waals surface area contributed by atoms with Crippen LogP contribution in [0, 0.1) is 0 Å². The number of rotatable bonds is 5. The number of nitrogens with zero attached hydrogens (tertiary/aromatic N) is 1. The Hall–Kier alpha value is -1.42. The van der Waals surface area contributed by atoms with Gasteiger partial charge in [-0.1, -0.05) is 6.07 Å². The van der Waals surface area contributed by atoms with Gasteiger partial charge in [-0.15, -0.1) is 0 Å². The Labute approximate surface area is 96.5 Å². The predicted octanol–water partition coefficient (Wildman–Crippen LogP) is 1.26. The zero-order valence-corrected chi connectivity index (χ0v) is 10.0. The number of carbonyl (C=O) groups is 1. The van der Waals surface area contributed by atoms with Crippen LogP contribution in [-0.2, 0) is 4.79 Å². The van der Waals surface area contributed by atoms with Crippen LogP contribution in [0.4, 0.5) is 0 Å². The second kappa shape index (κ2) is 6.23. The minimum atomic E-state index is -0.199. The van der Waals surface area contributed by atoms with Crippen molar-refractivity contribution in [3.05, 3.63) is 30.1 Å². The van der Waals surface area contributed by atoms with Crippen molar-refractivity contribution in [1.82, 2.24) is 15.6 Å². The van der Waals surface area contributed by atoms with Gasteiger partial charge in [0.05, 0.1) is 6.04 Å². The van der Waals surface area contributed by atoms with Crippen LogP contribution >= 0.6 is 0 Å². The molecule has 4 heteroatoms. The summed E-state index contributed by atoms with van der Waals surface area (Å²) in [6.07, 6.45) is 3.55. The molecule has 88 valence electrons. The summed E-state index contributed by atoms with van der Waals surface area (Å²) in [5.74, 6) is 0.0261. The summed E-state index contributed by atoms with van der Waals surface area (Å²) in [5, 5.41) is 6.01. The Morgan fingerprint density at radius 2 is 2.25 bits per heavy atom. The molecule has 0 saturated carbocycles. The summed E-state index contributed by atoms with van der Waals surface area (Å²) >= 11 is 0. The Bertz CT molecular complexity index is 326. The molecule has 2 N–H and O–H groups in total. The monoisotopic (exact) mass is 221 g/mol. The van der Waals surface area contributed by atoms with Gasteiger partial charge >= 0.3 is 0 Å². The molecule has 0 aliphatic carbocycles. The van der Waals surface area contributed by atoms with Gasteiger partial charge in [0.25, 0.3) is 0 Å². The molecular formula is C12H19N3O. The molecule has 2 atom stereocenters. The average molecular weight is 221 g/mol. The van der Waals surface area contributed by atoms with Crippen LogP contribution in [0.2, 0.25) is 0 Å². The third-order valence-electron chi connectivity index (χ3n) is 2.43. The van der Waals surface area contributed by atoms with Gasteiger partial charge in [-0.25, -0.2) is 0 Å². The molecule has 0 radical (unpaired) electrons. The third kappa shape index (κ3) is 3.62. The number of carbonyl (C=O) groups excluding carboxylic acids is 1. The first-order valence-electron chi connectivity index (χ1n) is 5.58. The lowest BCUT2D eigenvalue weighted by Gasteiger charge is -2.19. The van der Waals surface area contributed by atoms with Gasteiger partial charge in [0.2, 0.25) is 5.91 Å². The first-order valence-corrected chi connectivity index (χ1v) is 5.58. The third-order valence-corrected chi connectivity index (χ3v) is 2.43. The Balaban J connectivity index is 2.51. The fourth-order valence-electron chi connectivity index (χ4n) is 1.51. The maximum absolute atomic E-state index is 11.5. The molecule has 1 heterocycles. The van der Waals surface area contributed by atoms with E-state index < -0.39 is 0 Å². The lowest BCUT2D eigenvalue weighted by Crippen LogP contribution is -2.43. The van der Waals surface area contributed by atoms with E-state index in [1.54, 1.807) is 6.20 Å². The van der Waals surface area contributed by atoms with E-state index in [0.717, 1.165) is 5.56 Å². The summed E-state index contributed by atoms with van der Waals surface area (Å²) in [6, 6.07) is 3.81. The van der Waals surface area contributed by atoms with Gasteiger partial charge in [-0.3, -0.25) is 15.1 Å².